The van der Waals surface area contributed by atoms with E-state index in [4.69, 9.17) is 14.2 Å². The second-order valence-electron chi connectivity index (χ2n) is 4.16. The average Bonchev–Trinajstić information content (AvgIpc) is 2.67. The molecule has 1 aromatic heterocycles. The summed E-state index contributed by atoms with van der Waals surface area (Å²) in [7, 11) is 0. The summed E-state index contributed by atoms with van der Waals surface area (Å²) in [6.45, 7) is 4.49. The van der Waals surface area contributed by atoms with Crippen LogP contribution in [0.3, 0.4) is 0 Å². The van der Waals surface area contributed by atoms with Gasteiger partial charge >= 0.3 is 0 Å². The van der Waals surface area contributed by atoms with Crippen molar-refractivity contribution in [2.75, 3.05) is 13.2 Å². The maximum Gasteiger partial charge on any atom is 0.233 e. The number of hydrogen-bond donors (Lipinski definition) is 0. The highest BCUT2D eigenvalue weighted by atomic mass is 16.7. The van der Waals surface area contributed by atoms with Gasteiger partial charge < -0.3 is 14.2 Å². The van der Waals surface area contributed by atoms with Crippen LogP contribution in [0.5, 0.6) is 5.88 Å². The first kappa shape index (κ1) is 11.9. The van der Waals surface area contributed by atoms with E-state index in [0.29, 0.717) is 25.4 Å². The van der Waals surface area contributed by atoms with Crippen molar-refractivity contribution < 1.29 is 19.0 Å². The zero-order valence-electron chi connectivity index (χ0n) is 9.75. The summed E-state index contributed by atoms with van der Waals surface area (Å²) in [6.07, 6.45) is 3.32. The van der Waals surface area contributed by atoms with Crippen LogP contribution < -0.4 is 4.74 Å². The SMILES string of the molecule is CC1(C)OCC(COc2cncc(C=O)n2)O1. The molecule has 0 spiro atoms. The molecule has 1 aliphatic heterocycles. The summed E-state index contributed by atoms with van der Waals surface area (Å²) in [5, 5.41) is 0. The topological polar surface area (TPSA) is 70.5 Å². The lowest BCUT2D eigenvalue weighted by atomic mass is 10.4. The fourth-order valence-electron chi connectivity index (χ4n) is 1.51. The Morgan fingerprint density at radius 2 is 2.41 bits per heavy atom. The zero-order valence-corrected chi connectivity index (χ0v) is 9.75. The number of carbonyl (C=O) groups excluding carboxylic acids is 1. The van der Waals surface area contributed by atoms with E-state index in [1.165, 1.54) is 12.4 Å². The van der Waals surface area contributed by atoms with Gasteiger partial charge in [0.15, 0.2) is 12.1 Å². The third-order valence-electron chi connectivity index (χ3n) is 2.24. The van der Waals surface area contributed by atoms with E-state index in [2.05, 4.69) is 9.97 Å². The average molecular weight is 238 g/mol. The quantitative estimate of drug-likeness (QED) is 0.723. The van der Waals surface area contributed by atoms with Crippen molar-refractivity contribution in [2.24, 2.45) is 0 Å². The standard InChI is InChI=1S/C11H14N2O4/c1-11(2)16-7-9(17-11)6-15-10-4-12-3-8(5-14)13-10/h3-5,9H,6-7H2,1-2H3. The summed E-state index contributed by atoms with van der Waals surface area (Å²) >= 11 is 0. The molecule has 0 aliphatic carbocycles. The Kier molecular flexibility index (Phi) is 3.35. The molecule has 0 amide bonds. The fraction of sp³-hybridized carbons (Fsp3) is 0.545. The van der Waals surface area contributed by atoms with Gasteiger partial charge in [0.2, 0.25) is 5.88 Å². The van der Waals surface area contributed by atoms with Crippen LogP contribution in [0.25, 0.3) is 0 Å². The molecule has 0 radical (unpaired) electrons. The largest absolute Gasteiger partial charge is 0.474 e. The summed E-state index contributed by atoms with van der Waals surface area (Å²) in [4.78, 5) is 18.3. The number of carbonyl (C=O) groups is 1. The molecule has 0 bridgehead atoms. The minimum absolute atomic E-state index is 0.133. The number of rotatable bonds is 4. The molecule has 17 heavy (non-hydrogen) atoms. The van der Waals surface area contributed by atoms with Crippen molar-refractivity contribution in [3.05, 3.63) is 18.1 Å². The predicted octanol–water partition coefficient (Wildman–Crippen LogP) is 0.819. The Hall–Kier alpha value is -1.53. The van der Waals surface area contributed by atoms with Gasteiger partial charge in [0, 0.05) is 0 Å². The Balaban J connectivity index is 1.88. The Morgan fingerprint density at radius 3 is 3.06 bits per heavy atom. The molecular formula is C11H14N2O4. The molecule has 1 fully saturated rings. The van der Waals surface area contributed by atoms with Crippen LogP contribution >= 0.6 is 0 Å². The predicted molar refractivity (Wildman–Crippen MR) is 57.8 cm³/mol. The molecule has 92 valence electrons. The smallest absolute Gasteiger partial charge is 0.233 e. The lowest BCUT2D eigenvalue weighted by Crippen LogP contribution is -2.25. The van der Waals surface area contributed by atoms with E-state index in [-0.39, 0.29) is 11.8 Å². The maximum absolute atomic E-state index is 10.5. The second-order valence-corrected chi connectivity index (χ2v) is 4.16. The van der Waals surface area contributed by atoms with Gasteiger partial charge in [-0.2, -0.15) is 0 Å². The molecule has 2 heterocycles. The summed E-state index contributed by atoms with van der Waals surface area (Å²) in [5.41, 5.74) is 0.242. The van der Waals surface area contributed by atoms with E-state index >= 15 is 0 Å². The molecule has 6 heteroatoms. The number of nitrogens with zero attached hydrogens (tertiary/aromatic N) is 2. The van der Waals surface area contributed by atoms with Crippen LogP contribution in [0, 0.1) is 0 Å². The maximum atomic E-state index is 10.5. The van der Waals surface area contributed by atoms with Gasteiger partial charge in [-0.05, 0) is 13.8 Å². The van der Waals surface area contributed by atoms with Gasteiger partial charge in [-0.25, -0.2) is 4.98 Å². The first-order chi connectivity index (χ1) is 8.09. The number of aromatic nitrogens is 2. The first-order valence-corrected chi connectivity index (χ1v) is 5.31. The third kappa shape index (κ3) is 3.21. The van der Waals surface area contributed by atoms with E-state index in [9.17, 15) is 4.79 Å². The first-order valence-electron chi connectivity index (χ1n) is 5.31. The lowest BCUT2D eigenvalue weighted by Gasteiger charge is -2.17. The van der Waals surface area contributed by atoms with Crippen LogP contribution in [0.2, 0.25) is 0 Å². The zero-order chi connectivity index (χ0) is 12.3. The number of aldehydes is 1. The monoisotopic (exact) mass is 238 g/mol. The van der Waals surface area contributed by atoms with Crippen LogP contribution in [-0.2, 0) is 9.47 Å². The Bertz CT molecular complexity index is 408. The Morgan fingerprint density at radius 1 is 1.59 bits per heavy atom. The molecule has 2 rings (SSSR count). The minimum Gasteiger partial charge on any atom is -0.474 e. The van der Waals surface area contributed by atoms with Gasteiger partial charge in [0.1, 0.15) is 18.4 Å². The van der Waals surface area contributed by atoms with E-state index in [0.717, 1.165) is 0 Å². The highest BCUT2D eigenvalue weighted by molar-refractivity contribution is 5.71. The van der Waals surface area contributed by atoms with Crippen molar-refractivity contribution in [3.63, 3.8) is 0 Å². The molecule has 1 aromatic rings. The van der Waals surface area contributed by atoms with Crippen molar-refractivity contribution >= 4 is 6.29 Å². The van der Waals surface area contributed by atoms with Gasteiger partial charge in [-0.15, -0.1) is 0 Å². The van der Waals surface area contributed by atoms with Crippen molar-refractivity contribution in [2.45, 2.75) is 25.7 Å². The van der Waals surface area contributed by atoms with Gasteiger partial charge in [0.05, 0.1) is 19.0 Å². The molecule has 1 saturated heterocycles. The van der Waals surface area contributed by atoms with Crippen LogP contribution in [-0.4, -0.2) is 41.4 Å². The molecule has 1 unspecified atom stereocenters. The van der Waals surface area contributed by atoms with Crippen molar-refractivity contribution in [3.8, 4) is 5.88 Å². The molecule has 0 N–H and O–H groups in total. The van der Waals surface area contributed by atoms with E-state index < -0.39 is 5.79 Å². The fourth-order valence-corrected chi connectivity index (χ4v) is 1.51. The molecule has 0 saturated carbocycles. The lowest BCUT2D eigenvalue weighted by molar-refractivity contribution is -0.141. The molecule has 0 aromatic carbocycles. The molecule has 1 aliphatic rings. The molecule has 1 atom stereocenters. The molecule has 6 nitrogen and oxygen atoms in total. The van der Waals surface area contributed by atoms with Gasteiger partial charge in [0.25, 0.3) is 0 Å². The van der Waals surface area contributed by atoms with E-state index in [1.54, 1.807) is 0 Å². The van der Waals surface area contributed by atoms with Crippen LogP contribution in [0.15, 0.2) is 12.4 Å². The normalized spacial score (nSPS) is 22.4. The van der Waals surface area contributed by atoms with Gasteiger partial charge in [-0.3, -0.25) is 9.78 Å². The summed E-state index contributed by atoms with van der Waals surface area (Å²) < 4.78 is 16.3. The summed E-state index contributed by atoms with van der Waals surface area (Å²) in [6, 6.07) is 0. The summed E-state index contributed by atoms with van der Waals surface area (Å²) in [5.74, 6) is -0.257. The van der Waals surface area contributed by atoms with E-state index in [1.807, 2.05) is 13.8 Å². The third-order valence-corrected chi connectivity index (χ3v) is 2.24. The van der Waals surface area contributed by atoms with Crippen LogP contribution in [0.4, 0.5) is 0 Å². The highest BCUT2D eigenvalue weighted by Crippen LogP contribution is 2.22. The second kappa shape index (κ2) is 4.77. The van der Waals surface area contributed by atoms with Crippen molar-refractivity contribution in [1.29, 1.82) is 0 Å². The molecular weight excluding hydrogens is 224 g/mol. The van der Waals surface area contributed by atoms with Crippen LogP contribution in [0.1, 0.15) is 24.3 Å². The van der Waals surface area contributed by atoms with Crippen molar-refractivity contribution in [1.82, 2.24) is 9.97 Å². The number of ether oxygens (including phenoxy) is 3. The minimum atomic E-state index is -0.565. The Labute approximate surface area is 98.9 Å². The highest BCUT2D eigenvalue weighted by Gasteiger charge is 2.33. The number of hydrogen-bond acceptors (Lipinski definition) is 6. The van der Waals surface area contributed by atoms with Gasteiger partial charge in [-0.1, -0.05) is 0 Å².